The van der Waals surface area contributed by atoms with E-state index in [1.807, 2.05) is 133 Å². The van der Waals surface area contributed by atoms with Crippen LogP contribution in [-0.4, -0.2) is 18.8 Å². The van der Waals surface area contributed by atoms with E-state index < -0.39 is 0 Å². The molecule has 0 amide bonds. The monoisotopic (exact) mass is 1100 g/mol. The number of nitriles is 4. The van der Waals surface area contributed by atoms with Gasteiger partial charge in [0, 0.05) is 54.2 Å². The van der Waals surface area contributed by atoms with E-state index in [-0.39, 0.29) is 11.1 Å². The van der Waals surface area contributed by atoms with Crippen molar-refractivity contribution < 1.29 is 0 Å². The summed E-state index contributed by atoms with van der Waals surface area (Å²) in [5, 5.41) is 44.4. The molecule has 0 aliphatic heterocycles. The van der Waals surface area contributed by atoms with Gasteiger partial charge in [0.05, 0.1) is 68.6 Å². The summed E-state index contributed by atoms with van der Waals surface area (Å²) in [6, 6.07) is 87.3. The molecule has 0 aliphatic carbocycles. The van der Waals surface area contributed by atoms with Crippen LogP contribution >= 0.6 is 0 Å². The van der Waals surface area contributed by atoms with Crippen molar-refractivity contribution in [3.8, 4) is 91.0 Å². The van der Waals surface area contributed by atoms with Crippen molar-refractivity contribution in [3.05, 3.63) is 286 Å². The molecule has 4 heterocycles. The van der Waals surface area contributed by atoms with Gasteiger partial charge in [0.25, 0.3) is 11.1 Å². The van der Waals surface area contributed by atoms with Crippen LogP contribution in [0.4, 0.5) is 0 Å². The number of fused-ring (bicyclic) bond motifs is 8. The average Bonchev–Trinajstić information content (AvgIpc) is 1.46. The lowest BCUT2D eigenvalue weighted by Gasteiger charge is -2.14. The van der Waals surface area contributed by atoms with Gasteiger partial charge in [-0.05, 0) is 141 Å². The number of hydrogen-bond donors (Lipinski definition) is 0. The molecule has 0 N–H and O–H groups in total. The van der Waals surface area contributed by atoms with Crippen molar-refractivity contribution >= 4 is 76.5 Å². The molecule has 0 aliphatic rings. The third-order valence-electron chi connectivity index (χ3n) is 16.5. The van der Waals surface area contributed by atoms with E-state index in [9.17, 15) is 30.6 Å². The van der Waals surface area contributed by atoms with E-state index in [0.29, 0.717) is 55.1 Å². The molecule has 4 aromatic heterocycles. The van der Waals surface area contributed by atoms with Gasteiger partial charge in [0.2, 0.25) is 0 Å². The van der Waals surface area contributed by atoms with Crippen molar-refractivity contribution in [3.63, 3.8) is 0 Å². The lowest BCUT2D eigenvalue weighted by Crippen LogP contribution is -2.14. The highest BCUT2D eigenvalue weighted by Crippen LogP contribution is 2.43. The SMILES string of the molecule is N#Cc1ccc(-c2ccc3c4c2c(C#N)ccc4c(=O)n2c3nc3cc(-c4ccccc4)cc(-c4ccccc4)c32)cc1.N#Cc1ccc(-c2ccc3c4c2c(C#N)ccc4c(=O)n2c4cc(-c5ccccc5)cc(-c5ccccc5)c4nc32)cc1. The molecule has 16 rings (SSSR count). The van der Waals surface area contributed by atoms with Gasteiger partial charge < -0.3 is 0 Å². The van der Waals surface area contributed by atoms with Crippen LogP contribution in [0.3, 0.4) is 0 Å². The highest BCUT2D eigenvalue weighted by molar-refractivity contribution is 6.23. The molecule has 0 radical (unpaired) electrons. The van der Waals surface area contributed by atoms with Crippen molar-refractivity contribution in [2.75, 3.05) is 0 Å². The number of aromatic nitrogens is 4. The predicted octanol–water partition coefficient (Wildman–Crippen LogP) is 16.7. The molecule has 12 aromatic carbocycles. The third-order valence-corrected chi connectivity index (χ3v) is 16.5. The molecule has 86 heavy (non-hydrogen) atoms. The van der Waals surface area contributed by atoms with Crippen LogP contribution in [0.2, 0.25) is 0 Å². The fraction of sp³-hybridized carbons (Fsp3) is 0. The zero-order valence-corrected chi connectivity index (χ0v) is 45.5. The molecule has 10 nitrogen and oxygen atoms in total. The predicted molar refractivity (Wildman–Crippen MR) is 342 cm³/mol. The van der Waals surface area contributed by atoms with Crippen LogP contribution in [0.15, 0.2) is 252 Å². The summed E-state index contributed by atoms with van der Waals surface area (Å²) >= 11 is 0. The largest absolute Gasteiger partial charge is 0.268 e. The second-order valence-corrected chi connectivity index (χ2v) is 21.1. The molecular weight excluding hydrogens is 1060 g/mol. The molecule has 396 valence electrons. The first-order valence-corrected chi connectivity index (χ1v) is 27.8. The maximum Gasteiger partial charge on any atom is 0.264 e. The topological polar surface area (TPSA) is 164 Å². The Morgan fingerprint density at radius 1 is 0.314 bits per heavy atom. The van der Waals surface area contributed by atoms with Crippen LogP contribution in [-0.2, 0) is 0 Å². The maximum atomic E-state index is 14.4. The van der Waals surface area contributed by atoms with Crippen LogP contribution in [0, 0.1) is 45.3 Å². The Kier molecular flexibility index (Phi) is 11.8. The van der Waals surface area contributed by atoms with Crippen molar-refractivity contribution in [2.24, 2.45) is 0 Å². The van der Waals surface area contributed by atoms with E-state index in [2.05, 4.69) is 84.9 Å². The third kappa shape index (κ3) is 7.92. The molecule has 0 unspecified atom stereocenters. The zero-order chi connectivity index (χ0) is 58.2. The van der Waals surface area contributed by atoms with Gasteiger partial charge in [-0.3, -0.25) is 18.4 Å². The first kappa shape index (κ1) is 50.4. The highest BCUT2D eigenvalue weighted by Gasteiger charge is 2.25. The van der Waals surface area contributed by atoms with Crippen molar-refractivity contribution in [1.29, 1.82) is 21.0 Å². The molecule has 10 heteroatoms. The quantitative estimate of drug-likeness (QED) is 0.159. The molecular formula is C76H40N8O2. The number of hydrogen-bond acceptors (Lipinski definition) is 8. The maximum absolute atomic E-state index is 14.4. The van der Waals surface area contributed by atoms with Crippen LogP contribution in [0.25, 0.3) is 143 Å². The summed E-state index contributed by atoms with van der Waals surface area (Å²) in [5.41, 5.74) is 17.2. The fourth-order valence-corrected chi connectivity index (χ4v) is 12.5. The summed E-state index contributed by atoms with van der Waals surface area (Å²) in [7, 11) is 0. The summed E-state index contributed by atoms with van der Waals surface area (Å²) in [6.07, 6.45) is 0. The number of benzene rings is 12. The molecule has 0 spiro atoms. The first-order chi connectivity index (χ1) is 42.3. The minimum absolute atomic E-state index is 0.180. The number of rotatable bonds is 6. The fourth-order valence-electron chi connectivity index (χ4n) is 12.5. The number of nitrogens with zero attached hydrogens (tertiary/aromatic N) is 8. The smallest absolute Gasteiger partial charge is 0.264 e. The Morgan fingerprint density at radius 2 is 0.721 bits per heavy atom. The summed E-state index contributed by atoms with van der Waals surface area (Å²) in [5.74, 6) is 0. The summed E-state index contributed by atoms with van der Waals surface area (Å²) < 4.78 is 3.45. The summed E-state index contributed by atoms with van der Waals surface area (Å²) in [6.45, 7) is 0. The molecule has 16 aromatic rings. The van der Waals surface area contributed by atoms with Crippen molar-refractivity contribution in [1.82, 2.24) is 18.8 Å². The molecule has 0 saturated carbocycles. The second-order valence-electron chi connectivity index (χ2n) is 21.1. The highest BCUT2D eigenvalue weighted by atomic mass is 16.1. The van der Waals surface area contributed by atoms with Crippen molar-refractivity contribution in [2.45, 2.75) is 0 Å². The first-order valence-electron chi connectivity index (χ1n) is 27.8. The number of imidazole rings is 2. The van der Waals surface area contributed by atoms with Crippen LogP contribution < -0.4 is 11.1 Å². The second kappa shape index (κ2) is 20.1. The Hall–Kier alpha value is -12.6. The average molecular weight is 1100 g/mol. The normalized spacial score (nSPS) is 11.3. The minimum Gasteiger partial charge on any atom is -0.268 e. The van der Waals surface area contributed by atoms with E-state index in [1.54, 1.807) is 57.3 Å². The lowest BCUT2D eigenvalue weighted by molar-refractivity contribution is 1.19. The Labute approximate surface area is 490 Å². The van der Waals surface area contributed by atoms with Gasteiger partial charge in [0.15, 0.2) is 0 Å². The van der Waals surface area contributed by atoms with E-state index in [0.717, 1.165) is 110 Å². The van der Waals surface area contributed by atoms with Gasteiger partial charge in [0.1, 0.15) is 11.3 Å². The Bertz CT molecular complexity index is 5630. The van der Waals surface area contributed by atoms with Crippen LogP contribution in [0.5, 0.6) is 0 Å². The van der Waals surface area contributed by atoms with E-state index in [4.69, 9.17) is 9.97 Å². The van der Waals surface area contributed by atoms with E-state index >= 15 is 0 Å². The van der Waals surface area contributed by atoms with Gasteiger partial charge in [-0.25, -0.2) is 9.97 Å². The molecule has 0 atom stereocenters. The van der Waals surface area contributed by atoms with Gasteiger partial charge in [-0.15, -0.1) is 0 Å². The number of pyridine rings is 2. The van der Waals surface area contributed by atoms with Crippen LogP contribution in [0.1, 0.15) is 22.3 Å². The molecule has 0 saturated heterocycles. The zero-order valence-electron chi connectivity index (χ0n) is 45.5. The lowest BCUT2D eigenvalue weighted by atomic mass is 9.91. The van der Waals surface area contributed by atoms with Gasteiger partial charge in [-0.1, -0.05) is 158 Å². The summed E-state index contributed by atoms with van der Waals surface area (Å²) in [4.78, 5) is 39.1. The van der Waals surface area contributed by atoms with Gasteiger partial charge >= 0.3 is 0 Å². The Morgan fingerprint density at radius 3 is 1.20 bits per heavy atom. The van der Waals surface area contributed by atoms with E-state index in [1.165, 1.54) is 0 Å². The molecule has 0 fully saturated rings. The standard InChI is InChI=1S/2C38H20N4O/c39-21-23-11-13-26(14-12-23)29-17-18-30-35-31(16-15-27(22-40)34(29)35)38(43)42-33-20-28(24-7-3-1-4-8-24)19-32(36(33)41-37(30)42)25-9-5-2-6-10-25;39-21-23-11-13-26(14-12-23)29-17-18-30-35-31(16-15-27(22-40)34(29)35)38(43)42-36-32(25-9-5-2-6-10-25)19-28(20-33(36)41-37(30)42)24-7-3-1-4-8-24/h2*1-20H. The Balaban J connectivity index is 0.000000145. The molecule has 0 bridgehead atoms. The van der Waals surface area contributed by atoms with Gasteiger partial charge in [-0.2, -0.15) is 21.0 Å². The minimum atomic E-state index is -0.180.